The van der Waals surface area contributed by atoms with Gasteiger partial charge in [0.15, 0.2) is 6.61 Å². The maximum atomic E-state index is 13.4. The van der Waals surface area contributed by atoms with Gasteiger partial charge in [-0.2, -0.15) is 0 Å². The van der Waals surface area contributed by atoms with Crippen molar-refractivity contribution >= 4 is 40.8 Å². The number of halogens is 1. The molecule has 1 aliphatic carbocycles. The summed E-state index contributed by atoms with van der Waals surface area (Å²) in [7, 11) is 1.50. The highest BCUT2D eigenvalue weighted by Gasteiger charge is 2.40. The third-order valence-corrected chi connectivity index (χ3v) is 6.62. The molecule has 2 unspecified atom stereocenters. The van der Waals surface area contributed by atoms with Crippen LogP contribution in [0.2, 0.25) is 5.02 Å². The van der Waals surface area contributed by atoms with Crippen molar-refractivity contribution in [3.8, 4) is 5.75 Å². The summed E-state index contributed by atoms with van der Waals surface area (Å²) in [6, 6.07) is 12.7. The number of rotatable bonds is 6. The van der Waals surface area contributed by atoms with Crippen molar-refractivity contribution in [2.75, 3.05) is 30.5 Å². The Morgan fingerprint density at radius 3 is 2.61 bits per heavy atom. The molecule has 1 heterocycles. The minimum absolute atomic E-state index is 0.0288. The van der Waals surface area contributed by atoms with E-state index in [9.17, 15) is 14.4 Å². The van der Waals surface area contributed by atoms with Gasteiger partial charge in [0.2, 0.25) is 5.91 Å². The average molecular weight is 471 g/mol. The second kappa shape index (κ2) is 10.3. The predicted octanol–water partition coefficient (Wildman–Crippen LogP) is 4.23. The third-order valence-electron chi connectivity index (χ3n) is 6.32. The van der Waals surface area contributed by atoms with Crippen molar-refractivity contribution in [3.05, 3.63) is 53.1 Å². The highest BCUT2D eigenvalue weighted by molar-refractivity contribution is 6.32. The van der Waals surface area contributed by atoms with Crippen molar-refractivity contribution in [1.82, 2.24) is 0 Å². The van der Waals surface area contributed by atoms with Gasteiger partial charge in [0.05, 0.1) is 24.0 Å². The summed E-state index contributed by atoms with van der Waals surface area (Å²) in [5.41, 5.74) is 2.55. The van der Waals surface area contributed by atoms with Crippen LogP contribution in [0.5, 0.6) is 5.75 Å². The molecule has 0 saturated heterocycles. The minimum Gasteiger partial charge on any atom is -0.495 e. The number of para-hydroxylation sites is 1. The molecule has 0 aromatic heterocycles. The lowest BCUT2D eigenvalue weighted by atomic mass is 9.78. The zero-order valence-corrected chi connectivity index (χ0v) is 19.3. The first kappa shape index (κ1) is 23.1. The maximum Gasteiger partial charge on any atom is 0.310 e. The summed E-state index contributed by atoms with van der Waals surface area (Å²) < 4.78 is 10.4. The van der Waals surface area contributed by atoms with Crippen LogP contribution in [-0.4, -0.2) is 38.0 Å². The average Bonchev–Trinajstić information content (AvgIpc) is 3.26. The molecule has 1 saturated carbocycles. The number of benzene rings is 2. The summed E-state index contributed by atoms with van der Waals surface area (Å²) in [6.45, 7) is 0.204. The largest absolute Gasteiger partial charge is 0.495 e. The number of nitrogens with zero attached hydrogens (tertiary/aromatic N) is 1. The highest BCUT2D eigenvalue weighted by Crippen LogP contribution is 2.36. The van der Waals surface area contributed by atoms with E-state index in [0.717, 1.165) is 30.5 Å². The number of anilines is 2. The normalized spacial score (nSPS) is 19.5. The first-order chi connectivity index (χ1) is 16.0. The Kier molecular flexibility index (Phi) is 7.18. The number of hydrogen-bond donors (Lipinski definition) is 1. The van der Waals surface area contributed by atoms with Crippen LogP contribution in [0, 0.1) is 11.8 Å². The number of fused-ring (bicyclic) bond motifs is 1. The third kappa shape index (κ3) is 5.14. The van der Waals surface area contributed by atoms with Crippen LogP contribution in [0.25, 0.3) is 0 Å². The van der Waals surface area contributed by atoms with Gasteiger partial charge in [0.25, 0.3) is 5.91 Å². The molecule has 2 aliphatic rings. The van der Waals surface area contributed by atoms with Crippen molar-refractivity contribution in [3.63, 3.8) is 0 Å². The topological polar surface area (TPSA) is 84.9 Å². The molecule has 33 heavy (non-hydrogen) atoms. The maximum absolute atomic E-state index is 13.4. The lowest BCUT2D eigenvalue weighted by molar-refractivity contribution is -0.156. The Morgan fingerprint density at radius 2 is 1.85 bits per heavy atom. The molecule has 0 spiro atoms. The Bertz CT molecular complexity index is 1060. The molecule has 174 valence electrons. The number of carbonyl (C=O) groups excluding carboxylic acids is 3. The summed E-state index contributed by atoms with van der Waals surface area (Å²) in [6.07, 6.45) is 3.80. The van der Waals surface area contributed by atoms with Crippen molar-refractivity contribution in [1.29, 1.82) is 0 Å². The van der Waals surface area contributed by atoms with E-state index < -0.39 is 30.3 Å². The molecule has 2 amide bonds. The number of carbonyl (C=O) groups is 3. The molecule has 1 aliphatic heterocycles. The van der Waals surface area contributed by atoms with Crippen LogP contribution in [-0.2, 0) is 25.5 Å². The van der Waals surface area contributed by atoms with Crippen LogP contribution in [0.3, 0.4) is 0 Å². The monoisotopic (exact) mass is 470 g/mol. The summed E-state index contributed by atoms with van der Waals surface area (Å²) in [5.74, 6) is -1.48. The van der Waals surface area contributed by atoms with E-state index in [4.69, 9.17) is 21.1 Å². The fourth-order valence-corrected chi connectivity index (χ4v) is 4.92. The molecule has 2 atom stereocenters. The Balaban J connectivity index is 1.36. The van der Waals surface area contributed by atoms with Crippen molar-refractivity contribution < 1.29 is 23.9 Å². The van der Waals surface area contributed by atoms with Gasteiger partial charge in [-0.25, -0.2) is 0 Å². The molecule has 0 bridgehead atoms. The Labute approximate surface area is 198 Å². The van der Waals surface area contributed by atoms with E-state index in [1.54, 1.807) is 23.1 Å². The first-order valence-corrected chi connectivity index (χ1v) is 11.5. The van der Waals surface area contributed by atoms with Gasteiger partial charge in [-0.3, -0.25) is 14.4 Å². The van der Waals surface area contributed by atoms with E-state index in [1.165, 1.54) is 7.11 Å². The first-order valence-electron chi connectivity index (χ1n) is 11.2. The minimum atomic E-state index is -0.540. The fourth-order valence-electron chi connectivity index (χ4n) is 4.66. The molecular weight excluding hydrogens is 444 g/mol. The molecule has 2 aromatic rings. The zero-order valence-electron chi connectivity index (χ0n) is 18.5. The summed E-state index contributed by atoms with van der Waals surface area (Å²) in [4.78, 5) is 40.3. The van der Waals surface area contributed by atoms with E-state index in [1.807, 2.05) is 24.3 Å². The number of ether oxygens (including phenoxy) is 2. The highest BCUT2D eigenvalue weighted by atomic mass is 35.5. The van der Waals surface area contributed by atoms with Gasteiger partial charge in [-0.05, 0) is 49.1 Å². The van der Waals surface area contributed by atoms with Crippen LogP contribution in [0.15, 0.2) is 42.5 Å². The molecule has 8 heteroatoms. The van der Waals surface area contributed by atoms with Crippen molar-refractivity contribution in [2.24, 2.45) is 11.8 Å². The lowest BCUT2D eigenvalue weighted by Gasteiger charge is -2.32. The molecule has 1 N–H and O–H groups in total. The fraction of sp³-hybridized carbons (Fsp3) is 0.400. The predicted molar refractivity (Wildman–Crippen MR) is 126 cm³/mol. The van der Waals surface area contributed by atoms with E-state index in [2.05, 4.69) is 5.32 Å². The van der Waals surface area contributed by atoms with Crippen LogP contribution >= 0.6 is 11.6 Å². The number of hydrogen-bond acceptors (Lipinski definition) is 5. The summed E-state index contributed by atoms with van der Waals surface area (Å²) >= 11 is 6.08. The van der Waals surface area contributed by atoms with E-state index in [0.29, 0.717) is 35.8 Å². The van der Waals surface area contributed by atoms with E-state index >= 15 is 0 Å². The zero-order chi connectivity index (χ0) is 23.4. The molecular formula is C25H27ClN2O5. The Morgan fingerprint density at radius 1 is 1.09 bits per heavy atom. The van der Waals surface area contributed by atoms with Gasteiger partial charge in [-0.15, -0.1) is 0 Å². The molecule has 1 fully saturated rings. The van der Waals surface area contributed by atoms with Gasteiger partial charge in [0, 0.05) is 17.9 Å². The lowest BCUT2D eigenvalue weighted by Crippen LogP contribution is -2.42. The van der Waals surface area contributed by atoms with Gasteiger partial charge >= 0.3 is 5.97 Å². The molecule has 2 aromatic carbocycles. The quantitative estimate of drug-likeness (QED) is 0.639. The summed E-state index contributed by atoms with van der Waals surface area (Å²) in [5, 5.41) is 3.01. The molecule has 7 nitrogen and oxygen atoms in total. The molecule has 4 rings (SSSR count). The number of nitrogens with one attached hydrogen (secondary N) is 1. The van der Waals surface area contributed by atoms with Crippen LogP contribution in [0.4, 0.5) is 11.4 Å². The number of amides is 2. The molecule has 0 radical (unpaired) electrons. The van der Waals surface area contributed by atoms with Gasteiger partial charge in [0.1, 0.15) is 5.75 Å². The van der Waals surface area contributed by atoms with Crippen molar-refractivity contribution in [2.45, 2.75) is 32.1 Å². The van der Waals surface area contributed by atoms with Gasteiger partial charge in [-0.1, -0.05) is 42.6 Å². The number of esters is 1. The van der Waals surface area contributed by atoms with Crippen LogP contribution < -0.4 is 15.0 Å². The van der Waals surface area contributed by atoms with E-state index in [-0.39, 0.29) is 5.91 Å². The smallest absolute Gasteiger partial charge is 0.310 e. The Hall–Kier alpha value is -3.06. The van der Waals surface area contributed by atoms with Gasteiger partial charge < -0.3 is 19.7 Å². The standard InChI is InChI=1S/C25H27ClN2O5/c1-32-22-11-10-17(14-20(22)26)27-23(29)15-33-25(31)19-8-4-3-7-18(19)24(30)28-13-12-16-6-2-5-9-21(16)28/h2,5-6,9-11,14,18-19H,3-4,7-8,12-13,15H2,1H3,(H,27,29). The second-order valence-corrected chi connectivity index (χ2v) is 8.78. The second-order valence-electron chi connectivity index (χ2n) is 8.37. The van der Waals surface area contributed by atoms with Crippen LogP contribution in [0.1, 0.15) is 31.2 Å². The SMILES string of the molecule is COc1ccc(NC(=O)COC(=O)C2CCCCC2C(=O)N2CCc3ccccc32)cc1Cl. The number of methoxy groups -OCH3 is 1.